The van der Waals surface area contributed by atoms with Gasteiger partial charge >= 0.3 is 0 Å². The first-order valence-electron chi connectivity index (χ1n) is 3.55. The van der Waals surface area contributed by atoms with Gasteiger partial charge in [-0.05, 0) is 0 Å². The van der Waals surface area contributed by atoms with E-state index < -0.39 is 10.8 Å². The maximum Gasteiger partial charge on any atom is 0.0360 e. The van der Waals surface area contributed by atoms with Crippen molar-refractivity contribution in [1.82, 2.24) is 5.32 Å². The van der Waals surface area contributed by atoms with E-state index >= 15 is 0 Å². The Morgan fingerprint density at radius 1 is 1.73 bits per heavy atom. The molecule has 1 atom stereocenters. The Hall–Kier alpha value is 0.140. The zero-order valence-electron chi connectivity index (χ0n) is 6.73. The second-order valence-electron chi connectivity index (χ2n) is 2.13. The van der Waals surface area contributed by atoms with Gasteiger partial charge < -0.3 is 5.32 Å². The molecule has 4 heteroatoms. The van der Waals surface area contributed by atoms with E-state index in [2.05, 4.69) is 11.9 Å². The fourth-order valence-corrected chi connectivity index (χ4v) is 1.31. The molecule has 0 saturated heterocycles. The van der Waals surface area contributed by atoms with Crippen LogP contribution >= 0.6 is 11.6 Å². The molecule has 0 bridgehead atoms. The third-order valence-corrected chi connectivity index (χ3v) is 2.58. The normalized spacial score (nSPS) is 12.9. The lowest BCUT2D eigenvalue weighted by molar-refractivity contribution is 0.679. The van der Waals surface area contributed by atoms with Crippen molar-refractivity contribution in [1.29, 1.82) is 0 Å². The highest BCUT2D eigenvalue weighted by atomic mass is 35.5. The summed E-state index contributed by atoms with van der Waals surface area (Å²) in [5.74, 6) is 1.42. The predicted octanol–water partition coefficient (Wildman–Crippen LogP) is 1.10. The number of hydrogen-bond acceptors (Lipinski definition) is 2. The average molecular weight is 196 g/mol. The van der Waals surface area contributed by atoms with Crippen LogP contribution in [0.25, 0.3) is 0 Å². The van der Waals surface area contributed by atoms with Gasteiger partial charge in [0.25, 0.3) is 0 Å². The molecule has 11 heavy (non-hydrogen) atoms. The zero-order valence-corrected chi connectivity index (χ0v) is 8.30. The lowest BCUT2D eigenvalue weighted by atomic mass is 10.6. The van der Waals surface area contributed by atoms with Crippen molar-refractivity contribution in [2.45, 2.75) is 6.92 Å². The quantitative estimate of drug-likeness (QED) is 0.644. The van der Waals surface area contributed by atoms with Crippen molar-refractivity contribution in [3.8, 4) is 0 Å². The van der Waals surface area contributed by atoms with E-state index in [4.69, 9.17) is 11.6 Å². The summed E-state index contributed by atoms with van der Waals surface area (Å²) in [6.45, 7) is 6.77. The van der Waals surface area contributed by atoms with E-state index in [-0.39, 0.29) is 0 Å². The van der Waals surface area contributed by atoms with Gasteiger partial charge in [0.1, 0.15) is 0 Å². The first kappa shape index (κ1) is 11.1. The minimum Gasteiger partial charge on any atom is -0.311 e. The monoisotopic (exact) mass is 195 g/mol. The predicted molar refractivity (Wildman–Crippen MR) is 51.4 cm³/mol. The van der Waals surface area contributed by atoms with Gasteiger partial charge in [-0.15, -0.1) is 0 Å². The van der Waals surface area contributed by atoms with Gasteiger partial charge in [0, 0.05) is 40.4 Å². The molecule has 1 unspecified atom stereocenters. The molecule has 0 amide bonds. The number of halogens is 1. The second kappa shape index (κ2) is 6.83. The maximum atomic E-state index is 10.9. The molecule has 0 saturated carbocycles. The highest BCUT2D eigenvalue weighted by molar-refractivity contribution is 7.84. The van der Waals surface area contributed by atoms with Crippen LogP contribution in [-0.4, -0.2) is 28.8 Å². The lowest BCUT2D eigenvalue weighted by Gasteiger charge is -2.01. The summed E-state index contributed by atoms with van der Waals surface area (Å²) in [6.07, 6.45) is 0. The summed E-state index contributed by atoms with van der Waals surface area (Å²) < 4.78 is 10.9. The minimum absolute atomic E-state index is 0.590. The van der Waals surface area contributed by atoms with Crippen molar-refractivity contribution >= 4 is 22.4 Å². The molecule has 0 aliphatic carbocycles. The molecular weight excluding hydrogens is 182 g/mol. The molecule has 0 aromatic carbocycles. The van der Waals surface area contributed by atoms with Gasteiger partial charge in [0.15, 0.2) is 0 Å². The van der Waals surface area contributed by atoms with Crippen molar-refractivity contribution in [3.63, 3.8) is 0 Å². The van der Waals surface area contributed by atoms with Crippen LogP contribution in [0.1, 0.15) is 6.92 Å². The molecular formula is C7H14ClNOS. The fraction of sp³-hybridized carbons (Fsp3) is 0.714. The molecule has 1 N–H and O–H groups in total. The molecule has 0 rings (SSSR count). The van der Waals surface area contributed by atoms with E-state index in [1.165, 1.54) is 0 Å². The van der Waals surface area contributed by atoms with Gasteiger partial charge in [0.05, 0.1) is 0 Å². The largest absolute Gasteiger partial charge is 0.311 e. The van der Waals surface area contributed by atoms with Gasteiger partial charge in [-0.1, -0.05) is 25.1 Å². The average Bonchev–Trinajstić information content (AvgIpc) is 1.97. The first-order chi connectivity index (χ1) is 5.16. The van der Waals surface area contributed by atoms with Crippen LogP contribution in [0.4, 0.5) is 0 Å². The van der Waals surface area contributed by atoms with Crippen molar-refractivity contribution < 1.29 is 4.21 Å². The van der Waals surface area contributed by atoms with E-state index in [9.17, 15) is 4.21 Å². The van der Waals surface area contributed by atoms with Crippen LogP contribution < -0.4 is 5.32 Å². The molecule has 2 nitrogen and oxygen atoms in total. The molecule has 0 fully saturated rings. The summed E-state index contributed by atoms with van der Waals surface area (Å²) in [5, 5.41) is 3.62. The highest BCUT2D eigenvalue weighted by Crippen LogP contribution is 1.91. The Kier molecular flexibility index (Phi) is 6.91. The van der Waals surface area contributed by atoms with E-state index in [0.29, 0.717) is 17.3 Å². The Morgan fingerprint density at radius 2 is 2.36 bits per heavy atom. The van der Waals surface area contributed by atoms with Crippen molar-refractivity contribution in [3.05, 3.63) is 11.6 Å². The topological polar surface area (TPSA) is 29.1 Å². The molecule has 0 radical (unpaired) electrons. The Morgan fingerprint density at radius 3 is 2.82 bits per heavy atom. The van der Waals surface area contributed by atoms with E-state index in [1.54, 1.807) is 0 Å². The third kappa shape index (κ3) is 8.04. The summed E-state index contributed by atoms with van der Waals surface area (Å²) in [5.41, 5.74) is 0. The summed E-state index contributed by atoms with van der Waals surface area (Å²) in [7, 11) is -0.677. The maximum absolute atomic E-state index is 10.9. The molecule has 0 aliphatic heterocycles. The summed E-state index contributed by atoms with van der Waals surface area (Å²) in [6, 6.07) is 0. The number of nitrogens with one attached hydrogen (secondary N) is 1. The molecule has 0 aromatic heterocycles. The van der Waals surface area contributed by atoms with Gasteiger partial charge in [-0.2, -0.15) is 0 Å². The SMILES string of the molecule is C=C(Cl)CNCCS(=O)CC. The standard InChI is InChI=1S/C7H14ClNOS/c1-3-11(10)5-4-9-6-7(2)8/h9H,2-6H2,1H3. The van der Waals surface area contributed by atoms with E-state index in [0.717, 1.165) is 12.3 Å². The van der Waals surface area contributed by atoms with Crippen LogP contribution in [0.3, 0.4) is 0 Å². The minimum atomic E-state index is -0.677. The van der Waals surface area contributed by atoms with E-state index in [1.807, 2.05) is 6.92 Å². The van der Waals surface area contributed by atoms with Crippen LogP contribution in [0.5, 0.6) is 0 Å². The van der Waals surface area contributed by atoms with Crippen molar-refractivity contribution in [2.24, 2.45) is 0 Å². The Labute approximate surface area is 75.5 Å². The number of rotatable bonds is 6. The lowest BCUT2D eigenvalue weighted by Crippen LogP contribution is -2.22. The molecule has 0 aromatic rings. The Balaban J connectivity index is 3.14. The van der Waals surface area contributed by atoms with Gasteiger partial charge in [0.2, 0.25) is 0 Å². The second-order valence-corrected chi connectivity index (χ2v) is 4.53. The molecule has 0 spiro atoms. The third-order valence-electron chi connectivity index (χ3n) is 1.15. The molecule has 0 aliphatic rings. The Bertz CT molecular complexity index is 149. The van der Waals surface area contributed by atoms with Crippen LogP contribution in [-0.2, 0) is 10.8 Å². The van der Waals surface area contributed by atoms with Crippen molar-refractivity contribution in [2.75, 3.05) is 24.6 Å². The van der Waals surface area contributed by atoms with Gasteiger partial charge in [-0.3, -0.25) is 4.21 Å². The first-order valence-corrected chi connectivity index (χ1v) is 5.42. The zero-order chi connectivity index (χ0) is 8.69. The van der Waals surface area contributed by atoms with Crippen LogP contribution in [0.2, 0.25) is 0 Å². The van der Waals surface area contributed by atoms with Crippen LogP contribution in [0, 0.1) is 0 Å². The highest BCUT2D eigenvalue weighted by Gasteiger charge is 1.94. The number of hydrogen-bond donors (Lipinski definition) is 1. The molecule has 66 valence electrons. The smallest absolute Gasteiger partial charge is 0.0360 e. The van der Waals surface area contributed by atoms with Gasteiger partial charge in [-0.25, -0.2) is 0 Å². The molecule has 0 heterocycles. The fourth-order valence-electron chi connectivity index (χ4n) is 0.554. The van der Waals surface area contributed by atoms with Crippen LogP contribution in [0.15, 0.2) is 11.6 Å². The summed E-state index contributed by atoms with van der Waals surface area (Å²) >= 11 is 5.49. The summed E-state index contributed by atoms with van der Waals surface area (Å²) in [4.78, 5) is 0.